The predicted octanol–water partition coefficient (Wildman–Crippen LogP) is 7.66. The highest BCUT2D eigenvalue weighted by atomic mass is 32.1. The normalized spacial score (nSPS) is 15.5. The zero-order valence-corrected chi connectivity index (χ0v) is 21.2. The molecule has 0 saturated heterocycles. The molecule has 2 heterocycles. The fourth-order valence-electron chi connectivity index (χ4n) is 4.44. The summed E-state index contributed by atoms with van der Waals surface area (Å²) < 4.78 is 52.2. The van der Waals surface area contributed by atoms with E-state index in [1.165, 1.54) is 6.07 Å². The second kappa shape index (κ2) is 9.33. The highest BCUT2D eigenvalue weighted by molar-refractivity contribution is 7.16. The van der Waals surface area contributed by atoms with Crippen LogP contribution in [-0.4, -0.2) is 21.8 Å². The number of thiophene rings is 1. The number of carbonyl (C=O) groups excluding carboxylic acids is 1. The third-order valence-corrected chi connectivity index (χ3v) is 7.08. The molecule has 4 aromatic rings. The summed E-state index contributed by atoms with van der Waals surface area (Å²) in [6.45, 7) is 5.40. The number of hydrogen-bond acceptors (Lipinski definition) is 6. The molecule has 1 N–H and O–H groups in total. The lowest BCUT2D eigenvalue weighted by molar-refractivity contribution is -0.133. The van der Waals surface area contributed by atoms with Gasteiger partial charge in [-0.1, -0.05) is 53.7 Å². The first-order valence-corrected chi connectivity index (χ1v) is 12.5. The lowest BCUT2D eigenvalue weighted by Gasteiger charge is -2.22. The first-order valence-electron chi connectivity index (χ1n) is 11.7. The Morgan fingerprint density at radius 1 is 1.08 bits per heavy atom. The van der Waals surface area contributed by atoms with Crippen molar-refractivity contribution in [2.24, 2.45) is 0 Å². The Hall–Kier alpha value is -3.66. The smallest absolute Gasteiger partial charge is 0.426 e. The number of fused-ring (bicyclic) bond motifs is 1. The quantitative estimate of drug-likeness (QED) is 0.295. The average molecular weight is 528 g/mol. The highest BCUT2D eigenvalue weighted by Gasteiger charge is 2.37. The molecule has 192 valence electrons. The van der Waals surface area contributed by atoms with E-state index in [0.717, 1.165) is 16.7 Å². The molecule has 10 heteroatoms. The largest absolute Gasteiger partial charge is 0.444 e. The van der Waals surface area contributed by atoms with Crippen LogP contribution < -0.4 is 5.32 Å². The molecule has 6 nitrogen and oxygen atoms in total. The molecule has 1 aliphatic carbocycles. The van der Waals surface area contributed by atoms with Gasteiger partial charge in [-0.15, -0.1) is 11.3 Å². The summed E-state index contributed by atoms with van der Waals surface area (Å²) in [7, 11) is 0. The Bertz CT molecular complexity index is 1440. The van der Waals surface area contributed by atoms with Crippen LogP contribution >= 0.6 is 11.3 Å². The molecule has 0 bridgehead atoms. The topological polar surface area (TPSA) is 77.2 Å². The Balaban J connectivity index is 1.45. The Morgan fingerprint density at radius 3 is 2.54 bits per heavy atom. The van der Waals surface area contributed by atoms with E-state index in [4.69, 9.17) is 9.26 Å². The summed E-state index contributed by atoms with van der Waals surface area (Å²) in [6.07, 6.45) is -3.67. The van der Waals surface area contributed by atoms with Crippen LogP contribution in [0.2, 0.25) is 0 Å². The molecular weight excluding hydrogens is 503 g/mol. The number of carbonyl (C=O) groups is 1. The standard InChI is InChI=1S/C27H24F3N3O3S/c1-26(2,3)35-25(34)31-20-13-12-16-17(20)10-7-11-18(16)23-32-24(36-33-23)21-14-19(15-8-5-4-6-9-15)22(37-21)27(28,29)30/h4-11,14,20H,12-13H2,1-3H3,(H,31,34). The Morgan fingerprint density at radius 2 is 1.84 bits per heavy atom. The molecule has 0 radical (unpaired) electrons. The second-order valence-corrected chi connectivity index (χ2v) is 10.8. The summed E-state index contributed by atoms with van der Waals surface area (Å²) in [5.74, 6) is 0.305. The summed E-state index contributed by atoms with van der Waals surface area (Å²) in [5.41, 5.74) is 2.53. The van der Waals surface area contributed by atoms with Gasteiger partial charge in [0.1, 0.15) is 10.5 Å². The number of ether oxygens (including phenoxy) is 1. The minimum atomic E-state index is -4.52. The van der Waals surface area contributed by atoms with Gasteiger partial charge in [0, 0.05) is 11.1 Å². The molecule has 0 spiro atoms. The van der Waals surface area contributed by atoms with Crippen molar-refractivity contribution >= 4 is 17.4 Å². The van der Waals surface area contributed by atoms with Crippen LogP contribution in [-0.2, 0) is 17.3 Å². The maximum absolute atomic E-state index is 13.8. The summed E-state index contributed by atoms with van der Waals surface area (Å²) >= 11 is 0.577. The van der Waals surface area contributed by atoms with E-state index < -0.39 is 22.7 Å². The van der Waals surface area contributed by atoms with E-state index >= 15 is 0 Å². The summed E-state index contributed by atoms with van der Waals surface area (Å²) in [5, 5.41) is 6.99. The molecule has 1 atom stereocenters. The average Bonchev–Trinajstić information content (AvgIpc) is 3.56. The number of aromatic nitrogens is 2. The van der Waals surface area contributed by atoms with Crippen LogP contribution in [0.15, 0.2) is 59.1 Å². The summed E-state index contributed by atoms with van der Waals surface area (Å²) in [6, 6.07) is 15.2. The van der Waals surface area contributed by atoms with Crippen molar-refractivity contribution in [2.75, 3.05) is 0 Å². The number of benzene rings is 2. The lowest BCUT2D eigenvalue weighted by atomic mass is 10.0. The monoisotopic (exact) mass is 527 g/mol. The minimum Gasteiger partial charge on any atom is -0.444 e. The number of nitrogens with one attached hydrogen (secondary N) is 1. The van der Waals surface area contributed by atoms with Gasteiger partial charge in [0.15, 0.2) is 0 Å². The molecule has 0 fully saturated rings. The zero-order valence-electron chi connectivity index (χ0n) is 20.3. The molecular formula is C27H24F3N3O3S. The van der Waals surface area contributed by atoms with Crippen LogP contribution in [0.1, 0.15) is 49.2 Å². The first-order chi connectivity index (χ1) is 17.5. The van der Waals surface area contributed by atoms with Crippen molar-refractivity contribution in [1.29, 1.82) is 0 Å². The number of nitrogens with zero attached hydrogens (tertiary/aromatic N) is 2. The molecule has 37 heavy (non-hydrogen) atoms. The summed E-state index contributed by atoms with van der Waals surface area (Å²) in [4.78, 5) is 16.3. The SMILES string of the molecule is CC(C)(C)OC(=O)NC1CCc2c(-c3noc(-c4cc(-c5ccccc5)c(C(F)(F)F)s4)n3)cccc21. The van der Waals surface area contributed by atoms with Crippen LogP contribution in [0.3, 0.4) is 0 Å². The third-order valence-electron chi connectivity index (χ3n) is 5.91. The number of alkyl halides is 3. The number of hydrogen-bond donors (Lipinski definition) is 1. The van der Waals surface area contributed by atoms with E-state index in [0.29, 0.717) is 29.7 Å². The van der Waals surface area contributed by atoms with Crippen LogP contribution in [0.4, 0.5) is 18.0 Å². The third kappa shape index (κ3) is 5.24. The molecule has 2 aromatic carbocycles. The fourth-order valence-corrected chi connectivity index (χ4v) is 5.41. The molecule has 2 aromatic heterocycles. The van der Waals surface area contributed by atoms with Gasteiger partial charge in [-0.2, -0.15) is 18.2 Å². The Kier molecular flexibility index (Phi) is 6.31. The molecule has 1 aliphatic rings. The minimum absolute atomic E-state index is 0.0201. The van der Waals surface area contributed by atoms with E-state index in [-0.39, 0.29) is 28.2 Å². The van der Waals surface area contributed by atoms with Gasteiger partial charge in [0.25, 0.3) is 5.89 Å². The van der Waals surface area contributed by atoms with Crippen molar-refractivity contribution in [3.05, 3.63) is 70.6 Å². The molecule has 0 saturated carbocycles. The number of rotatable bonds is 4. The van der Waals surface area contributed by atoms with E-state index in [9.17, 15) is 18.0 Å². The van der Waals surface area contributed by atoms with Gasteiger partial charge in [-0.3, -0.25) is 0 Å². The highest BCUT2D eigenvalue weighted by Crippen LogP contribution is 2.46. The van der Waals surface area contributed by atoms with Gasteiger partial charge in [0.2, 0.25) is 5.82 Å². The molecule has 1 unspecified atom stereocenters. The fraction of sp³-hybridized carbons (Fsp3) is 0.296. The van der Waals surface area contributed by atoms with Gasteiger partial charge in [-0.05, 0) is 56.4 Å². The van der Waals surface area contributed by atoms with Gasteiger partial charge in [-0.25, -0.2) is 4.79 Å². The van der Waals surface area contributed by atoms with Crippen LogP contribution in [0.25, 0.3) is 33.3 Å². The Labute approximate surface area is 215 Å². The second-order valence-electron chi connectivity index (χ2n) is 9.75. The molecule has 1 amide bonds. The van der Waals surface area contributed by atoms with Crippen molar-refractivity contribution < 1.29 is 27.2 Å². The predicted molar refractivity (Wildman–Crippen MR) is 134 cm³/mol. The maximum atomic E-state index is 13.8. The zero-order chi connectivity index (χ0) is 26.4. The maximum Gasteiger partial charge on any atom is 0.426 e. The van der Waals surface area contributed by atoms with Gasteiger partial charge < -0.3 is 14.6 Å². The van der Waals surface area contributed by atoms with Crippen molar-refractivity contribution in [2.45, 2.75) is 51.4 Å². The van der Waals surface area contributed by atoms with Crippen molar-refractivity contribution in [1.82, 2.24) is 15.5 Å². The van der Waals surface area contributed by atoms with E-state index in [1.54, 1.807) is 51.1 Å². The van der Waals surface area contributed by atoms with Crippen LogP contribution in [0, 0.1) is 0 Å². The van der Waals surface area contributed by atoms with E-state index in [1.807, 2.05) is 18.2 Å². The van der Waals surface area contributed by atoms with Crippen molar-refractivity contribution in [3.8, 4) is 33.3 Å². The first kappa shape index (κ1) is 25.0. The molecule has 0 aliphatic heterocycles. The van der Waals surface area contributed by atoms with E-state index in [2.05, 4.69) is 15.5 Å². The number of alkyl carbamates (subject to hydrolysis) is 1. The number of amides is 1. The van der Waals surface area contributed by atoms with Crippen molar-refractivity contribution in [3.63, 3.8) is 0 Å². The lowest BCUT2D eigenvalue weighted by Crippen LogP contribution is -2.34. The van der Waals surface area contributed by atoms with Gasteiger partial charge >= 0.3 is 12.3 Å². The number of halogens is 3. The van der Waals surface area contributed by atoms with Gasteiger partial charge in [0.05, 0.1) is 10.9 Å². The van der Waals surface area contributed by atoms with Crippen LogP contribution in [0.5, 0.6) is 0 Å². The molecule has 5 rings (SSSR count).